The Balaban J connectivity index is 1.45. The second-order valence-corrected chi connectivity index (χ2v) is 9.22. The van der Waals surface area contributed by atoms with E-state index in [0.29, 0.717) is 6.61 Å². The number of morpholine rings is 1. The molecule has 2 aromatic heterocycles. The van der Waals surface area contributed by atoms with E-state index >= 15 is 0 Å². The summed E-state index contributed by atoms with van der Waals surface area (Å²) >= 11 is 1.54. The second kappa shape index (κ2) is 8.58. The van der Waals surface area contributed by atoms with Crippen molar-refractivity contribution in [3.63, 3.8) is 0 Å². The monoisotopic (exact) mass is 449 g/mol. The minimum Gasteiger partial charge on any atom is -0.497 e. The standard InChI is InChI=1S/C25H27N3O3S/c1-26-25(29)24-23(19-6-4-5-7-22(19)32-24)21-15-28(10-11-31-21)14-16-13-27(2)20-12-17(30-3)8-9-18(16)20/h4-9,12-13,21H,10-11,14-15H2,1-3H3,(H,26,29). The minimum atomic E-state index is -0.137. The van der Waals surface area contributed by atoms with Crippen molar-refractivity contribution in [2.24, 2.45) is 7.05 Å². The number of rotatable bonds is 5. The predicted molar refractivity (Wildman–Crippen MR) is 129 cm³/mol. The van der Waals surface area contributed by atoms with E-state index in [1.54, 1.807) is 14.2 Å². The van der Waals surface area contributed by atoms with Crippen LogP contribution in [-0.2, 0) is 18.3 Å². The van der Waals surface area contributed by atoms with Gasteiger partial charge in [0.1, 0.15) is 5.75 Å². The largest absolute Gasteiger partial charge is 0.497 e. The van der Waals surface area contributed by atoms with Crippen LogP contribution >= 0.6 is 11.3 Å². The predicted octanol–water partition coefficient (Wildman–Crippen LogP) is 4.33. The summed E-state index contributed by atoms with van der Waals surface area (Å²) in [5.41, 5.74) is 3.46. The second-order valence-electron chi connectivity index (χ2n) is 8.16. The Hall–Kier alpha value is -2.87. The number of benzene rings is 2. The molecule has 1 aliphatic heterocycles. The van der Waals surface area contributed by atoms with Gasteiger partial charge in [0, 0.05) is 61.6 Å². The van der Waals surface area contributed by atoms with Crippen LogP contribution in [0.25, 0.3) is 21.0 Å². The first-order valence-electron chi connectivity index (χ1n) is 10.8. The molecule has 2 aromatic carbocycles. The number of amides is 1. The molecule has 0 bridgehead atoms. The van der Waals surface area contributed by atoms with Crippen LogP contribution in [0, 0.1) is 0 Å². The number of fused-ring (bicyclic) bond motifs is 2. The fourth-order valence-corrected chi connectivity index (χ4v) is 5.83. The molecule has 1 aliphatic rings. The maximum absolute atomic E-state index is 12.6. The molecule has 1 saturated heterocycles. The Morgan fingerprint density at radius 3 is 2.91 bits per heavy atom. The van der Waals surface area contributed by atoms with Gasteiger partial charge in [-0.2, -0.15) is 0 Å². The van der Waals surface area contributed by atoms with Crippen LogP contribution in [0.2, 0.25) is 0 Å². The topological polar surface area (TPSA) is 55.7 Å². The van der Waals surface area contributed by atoms with Crippen LogP contribution in [0.4, 0.5) is 0 Å². The number of ether oxygens (including phenoxy) is 2. The number of carbonyl (C=O) groups is 1. The highest BCUT2D eigenvalue weighted by atomic mass is 32.1. The molecule has 6 nitrogen and oxygen atoms in total. The van der Waals surface area contributed by atoms with Crippen LogP contribution in [0.15, 0.2) is 48.7 Å². The molecule has 0 spiro atoms. The number of hydrogen-bond acceptors (Lipinski definition) is 5. The van der Waals surface area contributed by atoms with E-state index in [-0.39, 0.29) is 12.0 Å². The molecule has 7 heteroatoms. The van der Waals surface area contributed by atoms with Gasteiger partial charge in [0.2, 0.25) is 0 Å². The van der Waals surface area contributed by atoms with E-state index in [1.165, 1.54) is 22.3 Å². The quantitative estimate of drug-likeness (QED) is 0.493. The first kappa shape index (κ1) is 21.0. The Labute approximate surface area is 191 Å². The molecule has 1 unspecified atom stereocenters. The third kappa shape index (κ3) is 3.66. The lowest BCUT2D eigenvalue weighted by atomic mass is 10.0. The number of carbonyl (C=O) groups excluding carboxylic acids is 1. The summed E-state index contributed by atoms with van der Waals surface area (Å²) < 4.78 is 14.9. The van der Waals surface area contributed by atoms with Gasteiger partial charge in [-0.3, -0.25) is 9.69 Å². The van der Waals surface area contributed by atoms with Crippen molar-refractivity contribution in [1.82, 2.24) is 14.8 Å². The Kier molecular flexibility index (Phi) is 5.63. The van der Waals surface area contributed by atoms with Crippen LogP contribution in [0.5, 0.6) is 5.75 Å². The smallest absolute Gasteiger partial charge is 0.261 e. The van der Waals surface area contributed by atoms with E-state index in [2.05, 4.69) is 52.3 Å². The fourth-order valence-electron chi connectivity index (χ4n) is 4.63. The van der Waals surface area contributed by atoms with E-state index < -0.39 is 0 Å². The number of nitrogens with one attached hydrogen (secondary N) is 1. The lowest BCUT2D eigenvalue weighted by molar-refractivity contribution is -0.0322. The molecule has 1 N–H and O–H groups in total. The summed E-state index contributed by atoms with van der Waals surface area (Å²) in [6.07, 6.45) is 2.06. The molecule has 32 heavy (non-hydrogen) atoms. The molecule has 3 heterocycles. The van der Waals surface area contributed by atoms with Crippen molar-refractivity contribution >= 4 is 38.2 Å². The highest BCUT2D eigenvalue weighted by Crippen LogP contribution is 2.38. The zero-order valence-electron chi connectivity index (χ0n) is 18.6. The number of methoxy groups -OCH3 is 1. The normalized spacial score (nSPS) is 17.2. The van der Waals surface area contributed by atoms with Gasteiger partial charge in [0.15, 0.2) is 0 Å². The van der Waals surface area contributed by atoms with Gasteiger partial charge in [-0.05, 0) is 29.1 Å². The molecule has 166 valence electrons. The van der Waals surface area contributed by atoms with Gasteiger partial charge >= 0.3 is 0 Å². The van der Waals surface area contributed by atoms with Crippen LogP contribution in [-0.4, -0.2) is 49.2 Å². The molecule has 1 atom stereocenters. The minimum absolute atomic E-state index is 0.0510. The lowest BCUT2D eigenvalue weighted by Crippen LogP contribution is -2.38. The molecular formula is C25H27N3O3S. The van der Waals surface area contributed by atoms with Gasteiger partial charge in [-0.25, -0.2) is 0 Å². The Morgan fingerprint density at radius 1 is 1.25 bits per heavy atom. The van der Waals surface area contributed by atoms with Crippen molar-refractivity contribution in [2.75, 3.05) is 33.9 Å². The number of aryl methyl sites for hydroxylation is 1. The maximum atomic E-state index is 12.6. The van der Waals surface area contributed by atoms with Crippen LogP contribution < -0.4 is 10.1 Å². The number of nitrogens with zero attached hydrogens (tertiary/aromatic N) is 2. The highest BCUT2D eigenvalue weighted by molar-refractivity contribution is 7.21. The van der Waals surface area contributed by atoms with E-state index in [0.717, 1.165) is 51.4 Å². The summed E-state index contributed by atoms with van der Waals surface area (Å²) in [6.45, 7) is 3.08. The zero-order valence-corrected chi connectivity index (χ0v) is 19.4. The summed E-state index contributed by atoms with van der Waals surface area (Å²) in [4.78, 5) is 15.8. The molecular weight excluding hydrogens is 422 g/mol. The summed E-state index contributed by atoms with van der Waals surface area (Å²) in [6, 6.07) is 14.4. The molecule has 0 saturated carbocycles. The molecule has 0 radical (unpaired) electrons. The van der Waals surface area contributed by atoms with Gasteiger partial charge < -0.3 is 19.4 Å². The van der Waals surface area contributed by atoms with E-state index in [4.69, 9.17) is 9.47 Å². The summed E-state index contributed by atoms with van der Waals surface area (Å²) in [5, 5.41) is 5.14. The maximum Gasteiger partial charge on any atom is 0.261 e. The highest BCUT2D eigenvalue weighted by Gasteiger charge is 2.29. The average molecular weight is 450 g/mol. The summed E-state index contributed by atoms with van der Waals surface area (Å²) in [5.74, 6) is 0.813. The number of hydrogen-bond donors (Lipinski definition) is 1. The van der Waals surface area contributed by atoms with Crippen molar-refractivity contribution in [3.8, 4) is 5.75 Å². The molecule has 5 rings (SSSR count). The third-order valence-corrected chi connectivity index (χ3v) is 7.40. The van der Waals surface area contributed by atoms with Crippen molar-refractivity contribution < 1.29 is 14.3 Å². The first-order valence-corrected chi connectivity index (χ1v) is 11.6. The van der Waals surface area contributed by atoms with E-state index in [9.17, 15) is 4.79 Å². The fraction of sp³-hybridized carbons (Fsp3) is 0.320. The average Bonchev–Trinajstić information content (AvgIpc) is 3.36. The number of aromatic nitrogens is 1. The van der Waals surface area contributed by atoms with Crippen molar-refractivity contribution in [2.45, 2.75) is 12.6 Å². The Bertz CT molecular complexity index is 1290. The van der Waals surface area contributed by atoms with Gasteiger partial charge in [0.25, 0.3) is 5.91 Å². The third-order valence-electron chi connectivity index (χ3n) is 6.21. The lowest BCUT2D eigenvalue weighted by Gasteiger charge is -2.33. The van der Waals surface area contributed by atoms with Gasteiger partial charge in [0.05, 0.1) is 30.2 Å². The molecule has 0 aliphatic carbocycles. The number of thiophene rings is 1. The van der Waals surface area contributed by atoms with E-state index in [1.807, 2.05) is 18.2 Å². The zero-order chi connectivity index (χ0) is 22.2. The molecule has 1 fully saturated rings. The molecule has 1 amide bonds. The van der Waals surface area contributed by atoms with Crippen molar-refractivity contribution in [3.05, 3.63) is 64.7 Å². The van der Waals surface area contributed by atoms with Crippen LogP contribution in [0.1, 0.15) is 26.9 Å². The first-order chi connectivity index (χ1) is 15.6. The van der Waals surface area contributed by atoms with Crippen LogP contribution in [0.3, 0.4) is 0 Å². The van der Waals surface area contributed by atoms with Gasteiger partial charge in [-0.15, -0.1) is 11.3 Å². The molecule has 4 aromatic rings. The van der Waals surface area contributed by atoms with Gasteiger partial charge in [-0.1, -0.05) is 18.2 Å². The summed E-state index contributed by atoms with van der Waals surface area (Å²) in [7, 11) is 5.45. The van der Waals surface area contributed by atoms with Crippen molar-refractivity contribution in [1.29, 1.82) is 0 Å². The Morgan fingerprint density at radius 2 is 2.09 bits per heavy atom. The SMILES string of the molecule is CNC(=O)c1sc2ccccc2c1C1CN(Cc2cn(C)c3cc(OC)ccc23)CCO1.